The first kappa shape index (κ1) is 11.9. The quantitative estimate of drug-likeness (QED) is 0.685. The van der Waals surface area contributed by atoms with E-state index in [1.54, 1.807) is 0 Å². The lowest BCUT2D eigenvalue weighted by molar-refractivity contribution is 0.369. The Hall–Kier alpha value is -0.130. The van der Waals surface area contributed by atoms with Crippen LogP contribution in [0.5, 0.6) is 0 Å². The number of hydrogen-bond donors (Lipinski definition) is 2. The summed E-state index contributed by atoms with van der Waals surface area (Å²) in [7, 11) is -2.78. The molecule has 4 nitrogen and oxygen atoms in total. The zero-order valence-electron chi connectivity index (χ0n) is 8.86. The summed E-state index contributed by atoms with van der Waals surface area (Å²) < 4.78 is 22.4. The molecule has 0 bridgehead atoms. The van der Waals surface area contributed by atoms with Crippen molar-refractivity contribution in [2.75, 3.05) is 18.1 Å². The van der Waals surface area contributed by atoms with E-state index in [1.165, 1.54) is 0 Å². The molecule has 0 saturated carbocycles. The van der Waals surface area contributed by atoms with Gasteiger partial charge >= 0.3 is 0 Å². The van der Waals surface area contributed by atoms with Crippen LogP contribution in [0.4, 0.5) is 0 Å². The molecule has 1 fully saturated rings. The van der Waals surface area contributed by atoms with Crippen LogP contribution in [0.15, 0.2) is 0 Å². The highest BCUT2D eigenvalue weighted by atomic mass is 32.2. The molecule has 0 aromatic heterocycles. The van der Waals surface area contributed by atoms with E-state index in [9.17, 15) is 8.42 Å². The molecule has 0 aliphatic carbocycles. The van der Waals surface area contributed by atoms with Gasteiger partial charge in [-0.15, -0.1) is 0 Å². The molecule has 5 heteroatoms. The third-order valence-electron chi connectivity index (χ3n) is 2.74. The first-order valence-electron chi connectivity index (χ1n) is 5.11. The van der Waals surface area contributed by atoms with Gasteiger partial charge in [-0.05, 0) is 12.3 Å². The van der Waals surface area contributed by atoms with E-state index in [2.05, 4.69) is 19.2 Å². The highest BCUT2D eigenvalue weighted by molar-refractivity contribution is 7.91. The monoisotopic (exact) mass is 220 g/mol. The third-order valence-corrected chi connectivity index (χ3v) is 4.51. The average molecular weight is 220 g/mol. The fraction of sp³-hybridized carbons (Fsp3) is 1.00. The van der Waals surface area contributed by atoms with E-state index in [0.29, 0.717) is 18.2 Å². The molecule has 3 N–H and O–H groups in total. The highest BCUT2D eigenvalue weighted by Crippen LogP contribution is 2.13. The van der Waals surface area contributed by atoms with Crippen LogP contribution in [0.25, 0.3) is 0 Å². The van der Waals surface area contributed by atoms with Crippen LogP contribution < -0.4 is 11.1 Å². The van der Waals surface area contributed by atoms with Gasteiger partial charge in [-0.2, -0.15) is 0 Å². The van der Waals surface area contributed by atoms with Gasteiger partial charge in [-0.1, -0.05) is 13.8 Å². The van der Waals surface area contributed by atoms with Crippen LogP contribution in [0.3, 0.4) is 0 Å². The Labute approximate surface area is 86.2 Å². The van der Waals surface area contributed by atoms with Crippen molar-refractivity contribution in [2.45, 2.75) is 32.4 Å². The minimum absolute atomic E-state index is 0.107. The fourth-order valence-electron chi connectivity index (χ4n) is 1.76. The molecule has 0 aromatic rings. The van der Waals surface area contributed by atoms with Gasteiger partial charge in [-0.25, -0.2) is 8.42 Å². The number of sulfone groups is 1. The summed E-state index contributed by atoms with van der Waals surface area (Å²) in [5, 5.41) is 3.32. The SMILES string of the molecule is CC(C)C(CN)NC1CCS(=O)(=O)C1. The predicted molar refractivity (Wildman–Crippen MR) is 57.9 cm³/mol. The van der Waals surface area contributed by atoms with E-state index in [4.69, 9.17) is 5.73 Å². The molecule has 14 heavy (non-hydrogen) atoms. The van der Waals surface area contributed by atoms with Crippen LogP contribution in [0, 0.1) is 5.92 Å². The number of nitrogens with two attached hydrogens (primary N) is 1. The van der Waals surface area contributed by atoms with Gasteiger partial charge in [0.25, 0.3) is 0 Å². The molecule has 1 rings (SSSR count). The van der Waals surface area contributed by atoms with Crippen LogP contribution >= 0.6 is 0 Å². The summed E-state index contributed by atoms with van der Waals surface area (Å²) in [4.78, 5) is 0. The van der Waals surface area contributed by atoms with Crippen LogP contribution in [0.1, 0.15) is 20.3 Å². The standard InChI is InChI=1S/C9H20N2O2S/c1-7(2)9(5-10)11-8-3-4-14(12,13)6-8/h7-9,11H,3-6,10H2,1-2H3. The predicted octanol–water partition coefficient (Wildman–Crippen LogP) is -0.254. The topological polar surface area (TPSA) is 72.2 Å². The number of hydrogen-bond acceptors (Lipinski definition) is 4. The van der Waals surface area contributed by atoms with E-state index >= 15 is 0 Å². The fourth-order valence-corrected chi connectivity index (χ4v) is 3.45. The van der Waals surface area contributed by atoms with Gasteiger partial charge in [-0.3, -0.25) is 0 Å². The average Bonchev–Trinajstić information content (AvgIpc) is 2.41. The Balaban J connectivity index is 2.45. The minimum atomic E-state index is -2.78. The molecule has 2 atom stereocenters. The van der Waals surface area contributed by atoms with Gasteiger partial charge in [0, 0.05) is 18.6 Å². The van der Waals surface area contributed by atoms with Crippen LogP contribution in [-0.2, 0) is 9.84 Å². The van der Waals surface area contributed by atoms with E-state index < -0.39 is 9.84 Å². The molecule has 0 amide bonds. The van der Waals surface area contributed by atoms with Crippen molar-refractivity contribution in [2.24, 2.45) is 11.7 Å². The molecule has 1 aliphatic heterocycles. The van der Waals surface area contributed by atoms with Gasteiger partial charge in [0.2, 0.25) is 0 Å². The Morgan fingerprint density at radius 1 is 1.50 bits per heavy atom. The number of rotatable bonds is 4. The maximum absolute atomic E-state index is 11.2. The number of nitrogens with one attached hydrogen (secondary N) is 1. The molecule has 0 aromatic carbocycles. The molecule has 1 heterocycles. The Morgan fingerprint density at radius 3 is 2.50 bits per heavy atom. The zero-order chi connectivity index (χ0) is 10.8. The minimum Gasteiger partial charge on any atom is -0.329 e. The summed E-state index contributed by atoms with van der Waals surface area (Å²) in [6.45, 7) is 4.75. The highest BCUT2D eigenvalue weighted by Gasteiger charge is 2.29. The van der Waals surface area contributed by atoms with Crippen molar-refractivity contribution in [1.82, 2.24) is 5.32 Å². The van der Waals surface area contributed by atoms with Crippen molar-refractivity contribution in [3.05, 3.63) is 0 Å². The second-order valence-electron chi connectivity index (χ2n) is 4.35. The summed E-state index contributed by atoms with van der Waals surface area (Å²) >= 11 is 0. The third kappa shape index (κ3) is 3.22. The van der Waals surface area contributed by atoms with E-state index in [-0.39, 0.29) is 17.8 Å². The summed E-state index contributed by atoms with van der Waals surface area (Å²) in [6.07, 6.45) is 0.728. The van der Waals surface area contributed by atoms with Crippen LogP contribution in [0.2, 0.25) is 0 Å². The van der Waals surface area contributed by atoms with Gasteiger partial charge < -0.3 is 11.1 Å². The van der Waals surface area contributed by atoms with Crippen molar-refractivity contribution in [3.63, 3.8) is 0 Å². The molecule has 2 unspecified atom stereocenters. The zero-order valence-corrected chi connectivity index (χ0v) is 9.68. The Morgan fingerprint density at radius 2 is 2.14 bits per heavy atom. The maximum Gasteiger partial charge on any atom is 0.151 e. The first-order chi connectivity index (χ1) is 6.44. The molecular weight excluding hydrogens is 200 g/mol. The second kappa shape index (κ2) is 4.59. The molecular formula is C9H20N2O2S. The van der Waals surface area contributed by atoms with Crippen molar-refractivity contribution >= 4 is 9.84 Å². The van der Waals surface area contributed by atoms with Gasteiger partial charge in [0.05, 0.1) is 11.5 Å². The lowest BCUT2D eigenvalue weighted by Gasteiger charge is -2.24. The van der Waals surface area contributed by atoms with Crippen molar-refractivity contribution < 1.29 is 8.42 Å². The maximum atomic E-state index is 11.2. The van der Waals surface area contributed by atoms with Crippen LogP contribution in [-0.4, -0.2) is 38.6 Å². The molecule has 1 saturated heterocycles. The van der Waals surface area contributed by atoms with E-state index in [0.717, 1.165) is 6.42 Å². The molecule has 0 radical (unpaired) electrons. The molecule has 1 aliphatic rings. The van der Waals surface area contributed by atoms with Crippen molar-refractivity contribution in [1.29, 1.82) is 0 Å². The van der Waals surface area contributed by atoms with Gasteiger partial charge in [0.15, 0.2) is 9.84 Å². The van der Waals surface area contributed by atoms with Crippen molar-refractivity contribution in [3.8, 4) is 0 Å². The summed E-state index contributed by atoms with van der Waals surface area (Å²) in [5.74, 6) is 1.04. The Kier molecular flexibility index (Phi) is 3.92. The van der Waals surface area contributed by atoms with Gasteiger partial charge in [0.1, 0.15) is 0 Å². The Bertz CT molecular complexity index is 275. The smallest absolute Gasteiger partial charge is 0.151 e. The largest absolute Gasteiger partial charge is 0.329 e. The lowest BCUT2D eigenvalue weighted by Crippen LogP contribution is -2.46. The first-order valence-corrected chi connectivity index (χ1v) is 6.93. The normalized spacial score (nSPS) is 28.1. The molecule has 84 valence electrons. The summed E-state index contributed by atoms with van der Waals surface area (Å²) in [6, 6.07) is 0.337. The second-order valence-corrected chi connectivity index (χ2v) is 6.58. The molecule has 0 spiro atoms. The lowest BCUT2D eigenvalue weighted by atomic mass is 10.0. The summed E-state index contributed by atoms with van der Waals surface area (Å²) in [5.41, 5.74) is 5.61. The van der Waals surface area contributed by atoms with E-state index in [1.807, 2.05) is 0 Å².